The lowest BCUT2D eigenvalue weighted by atomic mass is 9.75. The van der Waals surface area contributed by atoms with Crippen LogP contribution >= 0.6 is 11.3 Å². The van der Waals surface area contributed by atoms with Crippen LogP contribution in [0, 0.1) is 17.7 Å². The van der Waals surface area contributed by atoms with Crippen LogP contribution < -0.4 is 10.2 Å². The molecule has 5 rings (SSSR count). The molecule has 162 valence electrons. The van der Waals surface area contributed by atoms with Crippen molar-refractivity contribution in [2.45, 2.75) is 11.6 Å². The first-order chi connectivity index (χ1) is 15.5. The Hall–Kier alpha value is -3.36. The fourth-order valence-electron chi connectivity index (χ4n) is 4.92. The van der Waals surface area contributed by atoms with Gasteiger partial charge in [0, 0.05) is 4.88 Å². The molecule has 2 aromatic carbocycles. The Morgan fingerprint density at radius 1 is 1.03 bits per heavy atom. The largest absolute Gasteiger partial charge is 0.467 e. The molecule has 32 heavy (non-hydrogen) atoms. The first kappa shape index (κ1) is 20.5. The molecule has 0 radical (unpaired) electrons. The fraction of sp³-hybridized carbons (Fsp3) is 0.208. The predicted octanol–water partition coefficient (Wildman–Crippen LogP) is 3.41. The quantitative estimate of drug-likeness (QED) is 0.487. The number of fused-ring (bicyclic) bond motifs is 1. The van der Waals surface area contributed by atoms with E-state index >= 15 is 0 Å². The van der Waals surface area contributed by atoms with Crippen molar-refractivity contribution in [2.24, 2.45) is 11.8 Å². The monoisotopic (exact) mass is 450 g/mol. The van der Waals surface area contributed by atoms with Crippen LogP contribution in [0.3, 0.4) is 0 Å². The topological polar surface area (TPSA) is 75.7 Å². The number of esters is 1. The molecule has 0 saturated carbocycles. The molecule has 3 heterocycles. The van der Waals surface area contributed by atoms with Gasteiger partial charge >= 0.3 is 5.97 Å². The number of hydrogen-bond donors (Lipinski definition) is 1. The van der Waals surface area contributed by atoms with E-state index in [1.165, 1.54) is 36.6 Å². The van der Waals surface area contributed by atoms with E-state index < -0.39 is 47.0 Å². The summed E-state index contributed by atoms with van der Waals surface area (Å²) in [7, 11) is 1.25. The van der Waals surface area contributed by atoms with Gasteiger partial charge in [-0.2, -0.15) is 0 Å². The van der Waals surface area contributed by atoms with E-state index in [1.54, 1.807) is 36.4 Å². The average Bonchev–Trinajstić information content (AvgIpc) is 3.52. The van der Waals surface area contributed by atoms with Crippen LogP contribution in [0.1, 0.15) is 16.5 Å². The van der Waals surface area contributed by atoms with Gasteiger partial charge in [-0.05, 0) is 29.1 Å². The molecular weight excluding hydrogens is 431 g/mol. The summed E-state index contributed by atoms with van der Waals surface area (Å²) in [6, 6.07) is 17.5. The molecule has 3 aromatic rings. The molecule has 1 N–H and O–H groups in total. The normalized spacial score (nSPS) is 26.9. The summed E-state index contributed by atoms with van der Waals surface area (Å²) in [5, 5.41) is 5.16. The zero-order valence-electron chi connectivity index (χ0n) is 17.0. The van der Waals surface area contributed by atoms with Crippen molar-refractivity contribution in [1.82, 2.24) is 5.32 Å². The van der Waals surface area contributed by atoms with Crippen molar-refractivity contribution in [3.63, 3.8) is 0 Å². The molecule has 2 aliphatic heterocycles. The lowest BCUT2D eigenvalue weighted by Crippen LogP contribution is -2.53. The van der Waals surface area contributed by atoms with Crippen molar-refractivity contribution in [3.8, 4) is 0 Å². The standard InChI is InChI=1S/C24H19FN2O4S/c1-31-23(30)24(14-8-3-2-4-9-14)19-18(20(26-24)17-12-7-13-32-17)21(28)27(22(19)29)16-11-6-5-10-15(16)25/h2-13,18-20,26H,1H3/t18-,19+,20-,24-/m1/s1. The number of benzene rings is 2. The summed E-state index contributed by atoms with van der Waals surface area (Å²) in [6.45, 7) is 0. The lowest BCUT2D eigenvalue weighted by molar-refractivity contribution is -0.152. The maximum absolute atomic E-state index is 14.6. The highest BCUT2D eigenvalue weighted by molar-refractivity contribution is 7.10. The minimum Gasteiger partial charge on any atom is -0.467 e. The third kappa shape index (κ3) is 2.76. The maximum Gasteiger partial charge on any atom is 0.331 e. The van der Waals surface area contributed by atoms with Crippen molar-refractivity contribution in [1.29, 1.82) is 0 Å². The van der Waals surface area contributed by atoms with Gasteiger partial charge in [-0.3, -0.25) is 14.9 Å². The van der Waals surface area contributed by atoms with Crippen molar-refractivity contribution in [2.75, 3.05) is 12.0 Å². The van der Waals surface area contributed by atoms with Gasteiger partial charge in [-0.15, -0.1) is 11.3 Å². The zero-order chi connectivity index (χ0) is 22.5. The predicted molar refractivity (Wildman–Crippen MR) is 116 cm³/mol. The van der Waals surface area contributed by atoms with Gasteiger partial charge in [0.05, 0.1) is 30.7 Å². The fourth-order valence-corrected chi connectivity index (χ4v) is 5.75. The Balaban J connectivity index is 1.74. The minimum absolute atomic E-state index is 0.117. The summed E-state index contributed by atoms with van der Waals surface area (Å²) in [4.78, 5) is 42.4. The second kappa shape index (κ2) is 7.65. The number of imide groups is 1. The first-order valence-electron chi connectivity index (χ1n) is 10.1. The number of nitrogens with one attached hydrogen (secondary N) is 1. The Morgan fingerprint density at radius 3 is 2.41 bits per heavy atom. The van der Waals surface area contributed by atoms with E-state index in [4.69, 9.17) is 4.74 Å². The van der Waals surface area contributed by atoms with E-state index in [9.17, 15) is 18.8 Å². The van der Waals surface area contributed by atoms with E-state index in [0.29, 0.717) is 5.56 Å². The number of ether oxygens (including phenoxy) is 1. The van der Waals surface area contributed by atoms with Crippen LogP contribution in [0.5, 0.6) is 0 Å². The molecule has 6 nitrogen and oxygen atoms in total. The summed E-state index contributed by atoms with van der Waals surface area (Å²) in [5.41, 5.74) is -1.20. The van der Waals surface area contributed by atoms with Crippen LogP contribution in [-0.2, 0) is 24.7 Å². The summed E-state index contributed by atoms with van der Waals surface area (Å²) in [6.07, 6.45) is 0. The van der Waals surface area contributed by atoms with E-state index in [-0.39, 0.29) is 5.69 Å². The third-order valence-corrected chi connectivity index (χ3v) is 7.19. The van der Waals surface area contributed by atoms with Crippen molar-refractivity contribution in [3.05, 3.63) is 88.4 Å². The van der Waals surface area contributed by atoms with Gasteiger partial charge in [-0.25, -0.2) is 14.1 Å². The first-order valence-corrected chi connectivity index (χ1v) is 11.0. The third-order valence-electron chi connectivity index (χ3n) is 6.24. The number of thiophene rings is 1. The summed E-state index contributed by atoms with van der Waals surface area (Å²) in [5.74, 6) is -4.53. The molecule has 2 saturated heterocycles. The highest BCUT2D eigenvalue weighted by Gasteiger charge is 2.70. The Morgan fingerprint density at radius 2 is 1.75 bits per heavy atom. The van der Waals surface area contributed by atoms with E-state index in [1.807, 2.05) is 17.5 Å². The molecule has 1 aromatic heterocycles. The van der Waals surface area contributed by atoms with Gasteiger partial charge in [0.1, 0.15) is 5.82 Å². The molecule has 8 heteroatoms. The maximum atomic E-state index is 14.6. The highest BCUT2D eigenvalue weighted by Crippen LogP contribution is 2.54. The number of amides is 2. The van der Waals surface area contributed by atoms with Crippen molar-refractivity contribution >= 4 is 34.8 Å². The van der Waals surface area contributed by atoms with Gasteiger partial charge in [0.2, 0.25) is 11.8 Å². The van der Waals surface area contributed by atoms with Gasteiger partial charge in [-0.1, -0.05) is 48.5 Å². The summed E-state index contributed by atoms with van der Waals surface area (Å²) >= 11 is 1.42. The van der Waals surface area contributed by atoms with Crippen LogP contribution in [-0.4, -0.2) is 24.9 Å². The molecule has 0 aliphatic carbocycles. The molecule has 2 aliphatic rings. The molecule has 0 spiro atoms. The van der Waals surface area contributed by atoms with Crippen LogP contribution in [0.2, 0.25) is 0 Å². The second-order valence-corrected chi connectivity index (χ2v) is 8.75. The van der Waals surface area contributed by atoms with Gasteiger partial charge in [0.15, 0.2) is 5.54 Å². The van der Waals surface area contributed by atoms with Crippen LogP contribution in [0.25, 0.3) is 0 Å². The van der Waals surface area contributed by atoms with E-state index in [0.717, 1.165) is 9.78 Å². The van der Waals surface area contributed by atoms with Gasteiger partial charge < -0.3 is 4.74 Å². The van der Waals surface area contributed by atoms with E-state index in [2.05, 4.69) is 5.32 Å². The molecular formula is C24H19FN2O4S. The lowest BCUT2D eigenvalue weighted by Gasteiger charge is -2.32. The number of nitrogens with zero attached hydrogens (tertiary/aromatic N) is 1. The number of halogens is 1. The van der Waals surface area contributed by atoms with Crippen LogP contribution in [0.4, 0.5) is 10.1 Å². The highest BCUT2D eigenvalue weighted by atomic mass is 32.1. The Bertz CT molecular complexity index is 1200. The SMILES string of the molecule is COC(=O)[C@]1(c2ccccc2)N[C@H](c2cccs2)[C@@H]2C(=O)N(c3ccccc3F)C(=O)[C@H]21. The number of carbonyl (C=O) groups is 3. The second-order valence-electron chi connectivity index (χ2n) is 7.77. The Labute approximate surface area is 187 Å². The number of methoxy groups -OCH3 is 1. The molecule has 2 fully saturated rings. The molecule has 0 bridgehead atoms. The summed E-state index contributed by atoms with van der Waals surface area (Å²) < 4.78 is 19.8. The number of para-hydroxylation sites is 1. The number of hydrogen-bond acceptors (Lipinski definition) is 6. The van der Waals surface area contributed by atoms with Crippen LogP contribution in [0.15, 0.2) is 72.1 Å². The average molecular weight is 450 g/mol. The number of carbonyl (C=O) groups excluding carboxylic acids is 3. The smallest absolute Gasteiger partial charge is 0.331 e. The Kier molecular flexibility index (Phi) is 4.91. The molecule has 2 amide bonds. The number of rotatable bonds is 4. The minimum atomic E-state index is -1.60. The number of anilines is 1. The molecule has 4 atom stereocenters. The zero-order valence-corrected chi connectivity index (χ0v) is 17.8. The van der Waals surface area contributed by atoms with Gasteiger partial charge in [0.25, 0.3) is 0 Å². The van der Waals surface area contributed by atoms with Crippen molar-refractivity contribution < 1.29 is 23.5 Å². The molecule has 0 unspecified atom stereocenters.